The topological polar surface area (TPSA) is 46.9 Å². The molecule has 0 radical (unpaired) electrons. The predicted molar refractivity (Wildman–Crippen MR) is 94.3 cm³/mol. The first-order valence-corrected chi connectivity index (χ1v) is 8.46. The van der Waals surface area contributed by atoms with E-state index in [9.17, 15) is 9.18 Å². The van der Waals surface area contributed by atoms with Crippen molar-refractivity contribution in [3.8, 4) is 5.69 Å². The number of carbonyl (C=O) groups is 1. The molecule has 0 bridgehead atoms. The lowest BCUT2D eigenvalue weighted by Crippen LogP contribution is -2.14. The minimum atomic E-state index is -0.297. The number of rotatable bonds is 5. The van der Waals surface area contributed by atoms with Crippen LogP contribution in [0.2, 0.25) is 5.02 Å². The largest absolute Gasteiger partial charge is 0.325 e. The van der Waals surface area contributed by atoms with Gasteiger partial charge in [-0.05, 0) is 42.5 Å². The second-order valence-electron chi connectivity index (χ2n) is 4.90. The molecule has 0 aliphatic carbocycles. The zero-order chi connectivity index (χ0) is 16.9. The molecule has 0 unspecified atom stereocenters. The summed E-state index contributed by atoms with van der Waals surface area (Å²) in [6, 6.07) is 13.1. The van der Waals surface area contributed by atoms with Gasteiger partial charge in [0.25, 0.3) is 0 Å². The van der Waals surface area contributed by atoms with Gasteiger partial charge in [0.1, 0.15) is 5.82 Å². The van der Waals surface area contributed by atoms with Crippen molar-refractivity contribution in [2.75, 3.05) is 11.1 Å². The van der Waals surface area contributed by atoms with Crippen molar-refractivity contribution in [1.29, 1.82) is 0 Å². The molecule has 3 rings (SSSR count). The summed E-state index contributed by atoms with van der Waals surface area (Å²) in [5.41, 5.74) is 1.43. The number of amides is 1. The van der Waals surface area contributed by atoms with E-state index in [1.807, 2.05) is 0 Å². The molecule has 0 fully saturated rings. The monoisotopic (exact) mass is 361 g/mol. The standard InChI is InChI=1S/C17H13ClFN3OS/c18-12-2-1-3-14(10-12)21-16(23)11-24-17-20-8-9-22(17)15-6-4-13(19)5-7-15/h1-10H,11H2,(H,21,23). The van der Waals surface area contributed by atoms with Gasteiger partial charge in [0.2, 0.25) is 5.91 Å². The van der Waals surface area contributed by atoms with Gasteiger partial charge in [0.15, 0.2) is 5.16 Å². The van der Waals surface area contributed by atoms with E-state index in [2.05, 4.69) is 10.3 Å². The number of halogens is 2. The van der Waals surface area contributed by atoms with Crippen molar-refractivity contribution in [3.05, 3.63) is 71.8 Å². The third kappa shape index (κ3) is 4.15. The highest BCUT2D eigenvalue weighted by atomic mass is 35.5. The number of hydrogen-bond acceptors (Lipinski definition) is 3. The number of benzene rings is 2. The zero-order valence-corrected chi connectivity index (χ0v) is 14.0. The fourth-order valence-electron chi connectivity index (χ4n) is 2.09. The Morgan fingerprint density at radius 3 is 2.79 bits per heavy atom. The first-order chi connectivity index (χ1) is 11.6. The van der Waals surface area contributed by atoms with Crippen LogP contribution in [-0.2, 0) is 4.79 Å². The molecule has 4 nitrogen and oxygen atoms in total. The van der Waals surface area contributed by atoms with Crippen LogP contribution in [0.4, 0.5) is 10.1 Å². The summed E-state index contributed by atoms with van der Waals surface area (Å²) in [5, 5.41) is 4.00. The molecule has 1 aromatic heterocycles. The van der Waals surface area contributed by atoms with Gasteiger partial charge < -0.3 is 5.32 Å². The Kier molecular flexibility index (Phi) is 5.17. The van der Waals surface area contributed by atoms with Gasteiger partial charge in [-0.1, -0.05) is 29.4 Å². The molecule has 122 valence electrons. The number of nitrogens with one attached hydrogen (secondary N) is 1. The van der Waals surface area contributed by atoms with Crippen LogP contribution >= 0.6 is 23.4 Å². The predicted octanol–water partition coefficient (Wildman–Crippen LogP) is 4.40. The minimum Gasteiger partial charge on any atom is -0.325 e. The molecule has 2 aromatic carbocycles. The summed E-state index contributed by atoms with van der Waals surface area (Å²) in [5.74, 6) is -0.255. The van der Waals surface area contributed by atoms with Crippen molar-refractivity contribution in [3.63, 3.8) is 0 Å². The van der Waals surface area contributed by atoms with E-state index < -0.39 is 0 Å². The summed E-state index contributed by atoms with van der Waals surface area (Å²) in [6.45, 7) is 0. The maximum absolute atomic E-state index is 13.0. The van der Waals surface area contributed by atoms with Gasteiger partial charge in [0, 0.05) is 28.8 Å². The fraction of sp³-hybridized carbons (Fsp3) is 0.0588. The van der Waals surface area contributed by atoms with Crippen molar-refractivity contribution in [1.82, 2.24) is 9.55 Å². The van der Waals surface area contributed by atoms with Crippen molar-refractivity contribution in [2.24, 2.45) is 0 Å². The van der Waals surface area contributed by atoms with Crippen molar-refractivity contribution >= 4 is 35.0 Å². The van der Waals surface area contributed by atoms with E-state index >= 15 is 0 Å². The number of carbonyl (C=O) groups excluding carboxylic acids is 1. The van der Waals surface area contributed by atoms with Crippen LogP contribution in [0, 0.1) is 5.82 Å². The molecule has 3 aromatic rings. The number of hydrogen-bond donors (Lipinski definition) is 1. The Bertz CT molecular complexity index is 851. The summed E-state index contributed by atoms with van der Waals surface area (Å²) in [7, 11) is 0. The number of anilines is 1. The summed E-state index contributed by atoms with van der Waals surface area (Å²) < 4.78 is 14.8. The van der Waals surface area contributed by atoms with Crippen molar-refractivity contribution in [2.45, 2.75) is 5.16 Å². The molecule has 1 N–H and O–H groups in total. The van der Waals surface area contributed by atoms with Gasteiger partial charge in [-0.2, -0.15) is 0 Å². The van der Waals surface area contributed by atoms with Gasteiger partial charge in [-0.25, -0.2) is 9.37 Å². The lowest BCUT2D eigenvalue weighted by Gasteiger charge is -2.08. The molecule has 0 atom stereocenters. The first kappa shape index (κ1) is 16.5. The van der Waals surface area contributed by atoms with Crippen LogP contribution < -0.4 is 5.32 Å². The third-order valence-corrected chi connectivity index (χ3v) is 4.35. The molecule has 0 aliphatic heterocycles. The van der Waals surface area contributed by atoms with Crippen LogP contribution in [0.5, 0.6) is 0 Å². The number of aromatic nitrogens is 2. The normalized spacial score (nSPS) is 10.6. The van der Waals surface area contributed by atoms with Crippen LogP contribution in [0.15, 0.2) is 66.1 Å². The number of nitrogens with zero attached hydrogens (tertiary/aromatic N) is 2. The van der Waals surface area contributed by atoms with Crippen LogP contribution in [-0.4, -0.2) is 21.2 Å². The Hall–Kier alpha value is -2.31. The van der Waals surface area contributed by atoms with E-state index in [0.717, 1.165) is 5.69 Å². The van der Waals surface area contributed by atoms with Crippen LogP contribution in [0.3, 0.4) is 0 Å². The van der Waals surface area contributed by atoms with E-state index in [1.54, 1.807) is 53.4 Å². The highest BCUT2D eigenvalue weighted by Crippen LogP contribution is 2.21. The molecule has 0 spiro atoms. The van der Waals surface area contributed by atoms with E-state index in [4.69, 9.17) is 11.6 Å². The summed E-state index contributed by atoms with van der Waals surface area (Å²) >= 11 is 7.19. The summed E-state index contributed by atoms with van der Waals surface area (Å²) in [4.78, 5) is 16.3. The van der Waals surface area contributed by atoms with Crippen LogP contribution in [0.25, 0.3) is 5.69 Å². The van der Waals surface area contributed by atoms with Crippen LogP contribution in [0.1, 0.15) is 0 Å². The van der Waals surface area contributed by atoms with E-state index in [0.29, 0.717) is 15.9 Å². The highest BCUT2D eigenvalue weighted by Gasteiger charge is 2.09. The Labute approximate surface area is 147 Å². The molecular formula is C17H13ClFN3OS. The molecule has 0 saturated carbocycles. The SMILES string of the molecule is O=C(CSc1nccn1-c1ccc(F)cc1)Nc1cccc(Cl)c1. The van der Waals surface area contributed by atoms with Gasteiger partial charge in [-0.15, -0.1) is 0 Å². The lowest BCUT2D eigenvalue weighted by molar-refractivity contribution is -0.113. The minimum absolute atomic E-state index is 0.157. The van der Waals surface area contributed by atoms with E-state index in [-0.39, 0.29) is 17.5 Å². The average Bonchev–Trinajstić information content (AvgIpc) is 3.02. The third-order valence-electron chi connectivity index (χ3n) is 3.15. The first-order valence-electron chi connectivity index (χ1n) is 7.09. The van der Waals surface area contributed by atoms with E-state index in [1.165, 1.54) is 23.9 Å². The molecule has 7 heteroatoms. The smallest absolute Gasteiger partial charge is 0.234 e. The second kappa shape index (κ2) is 7.51. The number of imidazole rings is 1. The quantitative estimate of drug-likeness (QED) is 0.685. The number of thioether (sulfide) groups is 1. The fourth-order valence-corrected chi connectivity index (χ4v) is 3.05. The van der Waals surface area contributed by atoms with Gasteiger partial charge in [0.05, 0.1) is 5.75 Å². The maximum Gasteiger partial charge on any atom is 0.234 e. The molecule has 1 heterocycles. The molecular weight excluding hydrogens is 349 g/mol. The Morgan fingerprint density at radius 2 is 2.04 bits per heavy atom. The average molecular weight is 362 g/mol. The Balaban J connectivity index is 1.64. The highest BCUT2D eigenvalue weighted by molar-refractivity contribution is 7.99. The maximum atomic E-state index is 13.0. The molecule has 0 saturated heterocycles. The molecule has 0 aliphatic rings. The van der Waals surface area contributed by atoms with Gasteiger partial charge in [-0.3, -0.25) is 9.36 Å². The van der Waals surface area contributed by atoms with Gasteiger partial charge >= 0.3 is 0 Å². The summed E-state index contributed by atoms with van der Waals surface area (Å²) in [6.07, 6.45) is 3.41. The lowest BCUT2D eigenvalue weighted by atomic mass is 10.3. The second-order valence-corrected chi connectivity index (χ2v) is 6.28. The molecule has 1 amide bonds. The molecule has 24 heavy (non-hydrogen) atoms. The zero-order valence-electron chi connectivity index (χ0n) is 12.4. The van der Waals surface area contributed by atoms with Crippen molar-refractivity contribution < 1.29 is 9.18 Å². The Morgan fingerprint density at radius 1 is 1.25 bits per heavy atom.